The monoisotopic (exact) mass is 227 g/mol. The standard InChI is InChI=1S/C11H14N3O.Na/c1-14-8-7-12-9-11(15,13-14)10-5-3-2-4-6-10;/h2-6,9,15H,7-8H2,1H3;/q-1;+1. The van der Waals surface area contributed by atoms with Crippen molar-refractivity contribution in [1.82, 2.24) is 5.01 Å². The van der Waals surface area contributed by atoms with Crippen molar-refractivity contribution in [3.05, 3.63) is 41.3 Å². The molecule has 0 aromatic heterocycles. The van der Waals surface area contributed by atoms with Crippen LogP contribution >= 0.6 is 0 Å². The van der Waals surface area contributed by atoms with Gasteiger partial charge in [0, 0.05) is 25.0 Å². The van der Waals surface area contributed by atoms with Crippen molar-refractivity contribution in [3.8, 4) is 0 Å². The van der Waals surface area contributed by atoms with Gasteiger partial charge in [-0.25, -0.2) is 0 Å². The summed E-state index contributed by atoms with van der Waals surface area (Å²) in [7, 11) is 1.84. The Hall–Kier alpha value is -0.230. The van der Waals surface area contributed by atoms with E-state index in [1.807, 2.05) is 37.4 Å². The maximum atomic E-state index is 10.3. The first-order valence-corrected chi connectivity index (χ1v) is 4.93. The van der Waals surface area contributed by atoms with E-state index in [0.29, 0.717) is 6.54 Å². The van der Waals surface area contributed by atoms with Crippen molar-refractivity contribution in [2.75, 3.05) is 20.1 Å². The summed E-state index contributed by atoms with van der Waals surface area (Å²) in [6.07, 6.45) is 1.51. The Labute approximate surface area is 118 Å². The predicted molar refractivity (Wildman–Crippen MR) is 59.7 cm³/mol. The molecule has 0 saturated heterocycles. The summed E-state index contributed by atoms with van der Waals surface area (Å²) in [5.41, 5.74) is 3.64. The van der Waals surface area contributed by atoms with Crippen LogP contribution in [0.3, 0.4) is 0 Å². The van der Waals surface area contributed by atoms with Gasteiger partial charge in [0.05, 0.1) is 0 Å². The molecule has 0 aliphatic carbocycles. The Balaban J connectivity index is 0.00000128. The maximum absolute atomic E-state index is 10.3. The van der Waals surface area contributed by atoms with Gasteiger partial charge in [0.15, 0.2) is 0 Å². The van der Waals surface area contributed by atoms with Crippen molar-refractivity contribution in [3.63, 3.8) is 0 Å². The number of aliphatic hydroxyl groups is 1. The summed E-state index contributed by atoms with van der Waals surface area (Å²) in [6.45, 7) is 1.39. The van der Waals surface area contributed by atoms with Crippen LogP contribution in [0.4, 0.5) is 0 Å². The molecule has 0 spiro atoms. The maximum Gasteiger partial charge on any atom is 1.00 e. The SMILES string of the molecule is CN1CCN=CC(O)(c2ccccc2)[N-]1.[Na+]. The number of aliphatic imine (C=N–C) groups is 1. The summed E-state index contributed by atoms with van der Waals surface area (Å²) >= 11 is 0. The largest absolute Gasteiger partial charge is 1.00 e. The van der Waals surface area contributed by atoms with Crippen molar-refractivity contribution >= 4 is 6.21 Å². The van der Waals surface area contributed by atoms with Crippen LogP contribution in [0.15, 0.2) is 35.3 Å². The molecule has 1 aromatic rings. The van der Waals surface area contributed by atoms with Crippen LogP contribution in [0.25, 0.3) is 5.43 Å². The minimum Gasteiger partial charge on any atom is -0.558 e. The molecule has 0 fully saturated rings. The van der Waals surface area contributed by atoms with Crippen LogP contribution in [0.5, 0.6) is 0 Å². The minimum absolute atomic E-state index is 0. The van der Waals surface area contributed by atoms with E-state index in [1.165, 1.54) is 6.21 Å². The zero-order valence-electron chi connectivity index (χ0n) is 9.67. The van der Waals surface area contributed by atoms with E-state index in [0.717, 1.165) is 12.1 Å². The molecule has 1 unspecified atom stereocenters. The summed E-state index contributed by atoms with van der Waals surface area (Å²) in [5.74, 6) is 0. The fourth-order valence-electron chi connectivity index (χ4n) is 1.55. The normalized spacial score (nSPS) is 25.9. The van der Waals surface area contributed by atoms with E-state index in [4.69, 9.17) is 0 Å². The second-order valence-corrected chi connectivity index (χ2v) is 3.61. The second kappa shape index (κ2) is 5.91. The zero-order valence-corrected chi connectivity index (χ0v) is 11.7. The number of likely N-dealkylation sites (N-methyl/N-ethyl adjacent to an activating group) is 1. The van der Waals surface area contributed by atoms with E-state index in [-0.39, 0.29) is 29.6 Å². The molecule has 0 amide bonds. The van der Waals surface area contributed by atoms with Crippen LogP contribution in [0.1, 0.15) is 5.56 Å². The van der Waals surface area contributed by atoms with Crippen LogP contribution in [-0.2, 0) is 5.72 Å². The molecule has 2 rings (SSSR count). The van der Waals surface area contributed by atoms with Gasteiger partial charge in [-0.3, -0.25) is 4.99 Å². The zero-order chi connectivity index (χ0) is 10.7. The van der Waals surface area contributed by atoms with E-state index >= 15 is 0 Å². The molecular formula is C11H14N3NaO. The number of benzene rings is 1. The molecule has 1 N–H and O–H groups in total. The first-order valence-electron chi connectivity index (χ1n) is 4.93. The molecule has 1 atom stereocenters. The number of hydrogen-bond acceptors (Lipinski definition) is 3. The molecule has 1 aliphatic heterocycles. The number of hydrogen-bond donors (Lipinski definition) is 1. The average molecular weight is 227 g/mol. The van der Waals surface area contributed by atoms with E-state index in [9.17, 15) is 5.11 Å². The van der Waals surface area contributed by atoms with Crippen molar-refractivity contribution in [2.45, 2.75) is 5.72 Å². The Bertz CT molecular complexity index is 358. The first kappa shape index (κ1) is 13.8. The molecule has 80 valence electrons. The van der Waals surface area contributed by atoms with Gasteiger partial charge in [0.25, 0.3) is 0 Å². The third kappa shape index (κ3) is 3.13. The van der Waals surface area contributed by atoms with Gasteiger partial charge < -0.3 is 15.5 Å². The van der Waals surface area contributed by atoms with Gasteiger partial charge >= 0.3 is 29.6 Å². The van der Waals surface area contributed by atoms with Crippen LogP contribution in [0, 0.1) is 0 Å². The van der Waals surface area contributed by atoms with Crippen LogP contribution in [0.2, 0.25) is 0 Å². The Morgan fingerprint density at radius 2 is 2.06 bits per heavy atom. The van der Waals surface area contributed by atoms with Gasteiger partial charge in [0.2, 0.25) is 0 Å². The minimum atomic E-state index is -1.31. The molecule has 16 heavy (non-hydrogen) atoms. The third-order valence-corrected chi connectivity index (χ3v) is 2.35. The molecule has 0 bridgehead atoms. The van der Waals surface area contributed by atoms with Gasteiger partial charge in [-0.2, -0.15) is 0 Å². The molecule has 0 saturated carbocycles. The molecule has 1 aliphatic rings. The van der Waals surface area contributed by atoms with Gasteiger partial charge in [-0.05, 0) is 12.6 Å². The number of nitrogens with zero attached hydrogens (tertiary/aromatic N) is 3. The van der Waals surface area contributed by atoms with Gasteiger partial charge in [0.1, 0.15) is 0 Å². The third-order valence-electron chi connectivity index (χ3n) is 2.35. The van der Waals surface area contributed by atoms with Gasteiger partial charge in [-0.1, -0.05) is 30.3 Å². The smallest absolute Gasteiger partial charge is 0.558 e. The van der Waals surface area contributed by atoms with Crippen LogP contribution in [-0.4, -0.2) is 36.5 Å². The van der Waals surface area contributed by atoms with Crippen LogP contribution < -0.4 is 29.6 Å². The summed E-state index contributed by atoms with van der Waals surface area (Å²) < 4.78 is 0. The van der Waals surface area contributed by atoms with E-state index in [2.05, 4.69) is 10.4 Å². The fourth-order valence-corrected chi connectivity index (χ4v) is 1.55. The Kier molecular flexibility index (Phi) is 5.11. The molecule has 1 aromatic carbocycles. The quantitative estimate of drug-likeness (QED) is 0.572. The predicted octanol–water partition coefficient (Wildman–Crippen LogP) is -1.86. The molecule has 0 radical (unpaired) electrons. The van der Waals surface area contributed by atoms with Crippen molar-refractivity contribution in [2.24, 2.45) is 4.99 Å². The van der Waals surface area contributed by atoms with Gasteiger partial charge in [-0.15, -0.1) is 0 Å². The molecule has 5 heteroatoms. The topological polar surface area (TPSA) is 49.9 Å². The molecule has 1 heterocycles. The summed E-state index contributed by atoms with van der Waals surface area (Å²) in [5, 5.41) is 12.1. The average Bonchev–Trinajstić information content (AvgIpc) is 2.42. The fraction of sp³-hybridized carbons (Fsp3) is 0.364. The number of rotatable bonds is 1. The molecule has 4 nitrogen and oxygen atoms in total. The Morgan fingerprint density at radius 3 is 2.75 bits per heavy atom. The van der Waals surface area contributed by atoms with Crippen molar-refractivity contribution < 1.29 is 34.7 Å². The Morgan fingerprint density at radius 1 is 1.38 bits per heavy atom. The summed E-state index contributed by atoms with van der Waals surface area (Å²) in [4.78, 5) is 4.14. The van der Waals surface area contributed by atoms with E-state index < -0.39 is 5.72 Å². The first-order chi connectivity index (χ1) is 7.21. The van der Waals surface area contributed by atoms with E-state index in [1.54, 1.807) is 5.01 Å². The molecular weight excluding hydrogens is 213 g/mol. The van der Waals surface area contributed by atoms with Crippen molar-refractivity contribution in [1.29, 1.82) is 0 Å². The second-order valence-electron chi connectivity index (χ2n) is 3.61. The summed E-state index contributed by atoms with van der Waals surface area (Å²) in [6, 6.07) is 9.34.